The highest BCUT2D eigenvalue weighted by Crippen LogP contribution is 2.31. The van der Waals surface area contributed by atoms with Gasteiger partial charge in [-0.2, -0.15) is 0 Å². The van der Waals surface area contributed by atoms with Crippen LogP contribution in [0.5, 0.6) is 5.75 Å². The van der Waals surface area contributed by atoms with Crippen LogP contribution in [-0.4, -0.2) is 54.4 Å². The van der Waals surface area contributed by atoms with Crippen molar-refractivity contribution in [1.29, 1.82) is 0 Å². The van der Waals surface area contributed by atoms with Gasteiger partial charge in [-0.25, -0.2) is 0 Å². The minimum atomic E-state index is 0.168. The molecule has 5 heteroatoms. The molecule has 0 bridgehead atoms. The van der Waals surface area contributed by atoms with E-state index in [9.17, 15) is 9.59 Å². The van der Waals surface area contributed by atoms with Crippen molar-refractivity contribution in [1.82, 2.24) is 9.80 Å². The van der Waals surface area contributed by atoms with Crippen molar-refractivity contribution in [2.75, 3.05) is 32.8 Å². The fourth-order valence-corrected chi connectivity index (χ4v) is 3.05. The molecule has 1 aliphatic carbocycles. The maximum atomic E-state index is 12.3. The SMILES string of the molecule is Cc1ccccc1OCCCC(=O)N1CCN(C(=O)C2CC2)CC1. The zero-order valence-electron chi connectivity index (χ0n) is 14.4. The molecule has 0 atom stereocenters. The molecule has 0 radical (unpaired) electrons. The minimum Gasteiger partial charge on any atom is -0.493 e. The van der Waals surface area contributed by atoms with Crippen molar-refractivity contribution < 1.29 is 14.3 Å². The third kappa shape index (κ3) is 4.28. The third-order valence-corrected chi connectivity index (χ3v) is 4.76. The standard InChI is InChI=1S/C19H26N2O3/c1-15-5-2-3-6-17(15)24-14-4-7-18(22)20-10-12-21(13-11-20)19(23)16-8-9-16/h2-3,5-6,16H,4,7-14H2,1H3. The lowest BCUT2D eigenvalue weighted by Gasteiger charge is -2.35. The largest absolute Gasteiger partial charge is 0.493 e. The molecular weight excluding hydrogens is 304 g/mol. The molecule has 0 N–H and O–H groups in total. The summed E-state index contributed by atoms with van der Waals surface area (Å²) in [6.07, 6.45) is 3.30. The molecule has 0 aromatic heterocycles. The first-order valence-corrected chi connectivity index (χ1v) is 8.90. The first kappa shape index (κ1) is 16.8. The van der Waals surface area contributed by atoms with Crippen molar-refractivity contribution >= 4 is 11.8 Å². The fraction of sp³-hybridized carbons (Fsp3) is 0.579. The molecule has 3 rings (SSSR count). The van der Waals surface area contributed by atoms with Gasteiger partial charge in [0.05, 0.1) is 6.61 Å². The topological polar surface area (TPSA) is 49.9 Å². The Morgan fingerprint density at radius 3 is 2.42 bits per heavy atom. The number of ether oxygens (including phenoxy) is 1. The third-order valence-electron chi connectivity index (χ3n) is 4.76. The number of nitrogens with zero attached hydrogens (tertiary/aromatic N) is 2. The first-order chi connectivity index (χ1) is 11.6. The van der Waals surface area contributed by atoms with Crippen molar-refractivity contribution in [2.45, 2.75) is 32.6 Å². The number of aryl methyl sites for hydroxylation is 1. The van der Waals surface area contributed by atoms with E-state index in [1.807, 2.05) is 41.0 Å². The van der Waals surface area contributed by atoms with Gasteiger partial charge in [-0.1, -0.05) is 18.2 Å². The monoisotopic (exact) mass is 330 g/mol. The van der Waals surface area contributed by atoms with Gasteiger partial charge in [0.1, 0.15) is 5.75 Å². The Morgan fingerprint density at radius 1 is 1.08 bits per heavy atom. The Balaban J connectivity index is 1.34. The van der Waals surface area contributed by atoms with E-state index in [-0.39, 0.29) is 17.7 Å². The molecule has 1 aliphatic heterocycles. The molecular formula is C19H26N2O3. The van der Waals surface area contributed by atoms with Gasteiger partial charge in [-0.3, -0.25) is 9.59 Å². The van der Waals surface area contributed by atoms with Gasteiger partial charge >= 0.3 is 0 Å². The minimum absolute atomic E-state index is 0.168. The second-order valence-corrected chi connectivity index (χ2v) is 6.70. The lowest BCUT2D eigenvalue weighted by molar-refractivity contribution is -0.140. The van der Waals surface area contributed by atoms with E-state index < -0.39 is 0 Å². The molecule has 1 saturated heterocycles. The summed E-state index contributed by atoms with van der Waals surface area (Å²) >= 11 is 0. The summed E-state index contributed by atoms with van der Waals surface area (Å²) in [4.78, 5) is 28.1. The van der Waals surface area contributed by atoms with E-state index in [4.69, 9.17) is 4.74 Å². The summed E-state index contributed by atoms with van der Waals surface area (Å²) in [5.74, 6) is 1.61. The van der Waals surface area contributed by atoms with Crippen LogP contribution in [0.3, 0.4) is 0 Å². The number of carbonyl (C=O) groups excluding carboxylic acids is 2. The lowest BCUT2D eigenvalue weighted by Crippen LogP contribution is -2.51. The number of hydrogen-bond donors (Lipinski definition) is 0. The Bertz CT molecular complexity index is 590. The van der Waals surface area contributed by atoms with Crippen LogP contribution in [0.15, 0.2) is 24.3 Å². The summed E-state index contributed by atoms with van der Waals surface area (Å²) in [6, 6.07) is 7.91. The molecule has 1 heterocycles. The van der Waals surface area contributed by atoms with Crippen LogP contribution < -0.4 is 4.74 Å². The van der Waals surface area contributed by atoms with Crippen molar-refractivity contribution in [3.63, 3.8) is 0 Å². The Kier molecular flexibility index (Phi) is 5.38. The van der Waals surface area contributed by atoms with E-state index in [0.717, 1.165) is 24.2 Å². The summed E-state index contributed by atoms with van der Waals surface area (Å²) in [5.41, 5.74) is 1.11. The zero-order valence-corrected chi connectivity index (χ0v) is 14.4. The fourth-order valence-electron chi connectivity index (χ4n) is 3.05. The predicted octanol–water partition coefficient (Wildman–Crippen LogP) is 2.23. The van der Waals surface area contributed by atoms with Gasteiger partial charge in [0.25, 0.3) is 0 Å². The first-order valence-electron chi connectivity index (χ1n) is 8.90. The summed E-state index contributed by atoms with van der Waals surface area (Å²) in [7, 11) is 0. The highest BCUT2D eigenvalue weighted by Gasteiger charge is 2.35. The number of benzene rings is 1. The highest BCUT2D eigenvalue weighted by molar-refractivity contribution is 5.81. The number of para-hydroxylation sites is 1. The van der Waals surface area contributed by atoms with Gasteiger partial charge in [-0.05, 0) is 37.8 Å². The van der Waals surface area contributed by atoms with Gasteiger partial charge in [0.15, 0.2) is 0 Å². The van der Waals surface area contributed by atoms with E-state index in [1.54, 1.807) is 0 Å². The molecule has 2 amide bonds. The van der Waals surface area contributed by atoms with Crippen LogP contribution in [-0.2, 0) is 9.59 Å². The quantitative estimate of drug-likeness (QED) is 0.752. The van der Waals surface area contributed by atoms with Crippen LogP contribution in [0.1, 0.15) is 31.2 Å². The van der Waals surface area contributed by atoms with Gasteiger partial charge < -0.3 is 14.5 Å². The highest BCUT2D eigenvalue weighted by atomic mass is 16.5. The normalized spacial score (nSPS) is 17.7. The van der Waals surface area contributed by atoms with E-state index >= 15 is 0 Å². The molecule has 1 aromatic carbocycles. The molecule has 24 heavy (non-hydrogen) atoms. The average molecular weight is 330 g/mol. The number of hydrogen-bond acceptors (Lipinski definition) is 3. The molecule has 1 saturated carbocycles. The van der Waals surface area contributed by atoms with Crippen LogP contribution in [0.2, 0.25) is 0 Å². The van der Waals surface area contributed by atoms with Crippen LogP contribution in [0.4, 0.5) is 0 Å². The molecule has 0 unspecified atom stereocenters. The van der Waals surface area contributed by atoms with Crippen LogP contribution in [0, 0.1) is 12.8 Å². The summed E-state index contributed by atoms with van der Waals surface area (Å²) in [5, 5.41) is 0. The molecule has 1 aromatic rings. The van der Waals surface area contributed by atoms with Crippen LogP contribution in [0.25, 0.3) is 0 Å². The molecule has 130 valence electrons. The number of carbonyl (C=O) groups is 2. The zero-order chi connectivity index (χ0) is 16.9. The predicted molar refractivity (Wildman–Crippen MR) is 91.8 cm³/mol. The number of piperazine rings is 1. The number of amides is 2. The molecule has 0 spiro atoms. The second kappa shape index (κ2) is 7.69. The smallest absolute Gasteiger partial charge is 0.225 e. The van der Waals surface area contributed by atoms with Gasteiger partial charge in [0, 0.05) is 38.5 Å². The van der Waals surface area contributed by atoms with Crippen molar-refractivity contribution in [3.05, 3.63) is 29.8 Å². The van der Waals surface area contributed by atoms with Crippen molar-refractivity contribution in [3.8, 4) is 5.75 Å². The molecule has 5 nitrogen and oxygen atoms in total. The molecule has 2 aliphatic rings. The Morgan fingerprint density at radius 2 is 1.75 bits per heavy atom. The van der Waals surface area contributed by atoms with E-state index in [0.29, 0.717) is 45.6 Å². The Hall–Kier alpha value is -2.04. The lowest BCUT2D eigenvalue weighted by atomic mass is 10.2. The van der Waals surface area contributed by atoms with Gasteiger partial charge in [-0.15, -0.1) is 0 Å². The van der Waals surface area contributed by atoms with Gasteiger partial charge in [0.2, 0.25) is 11.8 Å². The maximum Gasteiger partial charge on any atom is 0.225 e. The molecule has 2 fully saturated rings. The van der Waals surface area contributed by atoms with E-state index in [1.165, 1.54) is 0 Å². The van der Waals surface area contributed by atoms with E-state index in [2.05, 4.69) is 0 Å². The number of rotatable bonds is 6. The summed E-state index contributed by atoms with van der Waals surface area (Å²) in [6.45, 7) is 5.26. The summed E-state index contributed by atoms with van der Waals surface area (Å²) < 4.78 is 5.73. The Labute approximate surface area is 143 Å². The second-order valence-electron chi connectivity index (χ2n) is 6.70. The van der Waals surface area contributed by atoms with Crippen molar-refractivity contribution in [2.24, 2.45) is 5.92 Å². The maximum absolute atomic E-state index is 12.3. The van der Waals surface area contributed by atoms with Crippen LogP contribution >= 0.6 is 0 Å². The average Bonchev–Trinajstić information content (AvgIpc) is 3.44.